The number of sulfonamides is 1. The van der Waals surface area contributed by atoms with Crippen molar-refractivity contribution in [3.8, 4) is 11.4 Å². The Kier molecular flexibility index (Phi) is 6.43. The Balaban J connectivity index is 1.52. The average molecular weight is 485 g/mol. The van der Waals surface area contributed by atoms with Gasteiger partial charge in [0.05, 0.1) is 4.90 Å². The number of likely N-dealkylation sites (tertiary alicyclic amines) is 1. The van der Waals surface area contributed by atoms with Crippen LogP contribution in [-0.2, 0) is 21.4 Å². The van der Waals surface area contributed by atoms with Crippen LogP contribution in [0, 0.1) is 11.7 Å². The molecule has 1 aliphatic heterocycles. The summed E-state index contributed by atoms with van der Waals surface area (Å²) in [6.07, 6.45) is 1.50. The van der Waals surface area contributed by atoms with Crippen LogP contribution in [0.25, 0.3) is 11.4 Å². The van der Waals surface area contributed by atoms with Crippen molar-refractivity contribution in [2.45, 2.75) is 31.2 Å². The van der Waals surface area contributed by atoms with Crippen molar-refractivity contribution in [2.24, 2.45) is 4.40 Å². The SMILES string of the molecule is Cc1ccc(-c2n[nH]c(=S)n2CC(=O)Nc2cccc(S(=O)(=O)/N=C3\CCCN3C)c2)cc1. The summed E-state index contributed by atoms with van der Waals surface area (Å²) in [6.45, 7) is 2.69. The maximum atomic E-state index is 12.7. The van der Waals surface area contributed by atoms with Crippen LogP contribution >= 0.6 is 12.2 Å². The van der Waals surface area contributed by atoms with E-state index in [9.17, 15) is 13.2 Å². The minimum absolute atomic E-state index is 0.0216. The highest BCUT2D eigenvalue weighted by atomic mass is 32.2. The van der Waals surface area contributed by atoms with E-state index in [1.54, 1.807) is 16.7 Å². The molecule has 2 N–H and O–H groups in total. The number of aromatic amines is 1. The van der Waals surface area contributed by atoms with Crippen LogP contribution < -0.4 is 5.32 Å². The van der Waals surface area contributed by atoms with Gasteiger partial charge in [0.1, 0.15) is 12.4 Å². The maximum Gasteiger partial charge on any atom is 0.284 e. The summed E-state index contributed by atoms with van der Waals surface area (Å²) in [5.74, 6) is 0.725. The van der Waals surface area contributed by atoms with Crippen molar-refractivity contribution in [3.05, 3.63) is 58.9 Å². The van der Waals surface area contributed by atoms with Crippen molar-refractivity contribution < 1.29 is 13.2 Å². The van der Waals surface area contributed by atoms with E-state index in [4.69, 9.17) is 12.2 Å². The predicted molar refractivity (Wildman–Crippen MR) is 129 cm³/mol. The summed E-state index contributed by atoms with van der Waals surface area (Å²) in [6, 6.07) is 13.8. The Morgan fingerprint density at radius 1 is 1.24 bits per heavy atom. The number of H-pyrrole nitrogens is 1. The summed E-state index contributed by atoms with van der Waals surface area (Å²) >= 11 is 5.30. The van der Waals surface area contributed by atoms with Crippen molar-refractivity contribution in [3.63, 3.8) is 0 Å². The second kappa shape index (κ2) is 9.28. The van der Waals surface area contributed by atoms with Crippen LogP contribution in [0.3, 0.4) is 0 Å². The third kappa shape index (κ3) is 5.20. The third-order valence-corrected chi connectivity index (χ3v) is 6.96. The number of carbonyl (C=O) groups is 1. The van der Waals surface area contributed by atoms with Gasteiger partial charge in [0.2, 0.25) is 5.91 Å². The molecule has 172 valence electrons. The first-order valence-corrected chi connectivity index (χ1v) is 12.2. The molecule has 3 aromatic rings. The molecule has 1 saturated heterocycles. The molecule has 0 bridgehead atoms. The zero-order chi connectivity index (χ0) is 23.6. The number of rotatable bonds is 6. The number of hydrogen-bond acceptors (Lipinski definition) is 5. The van der Waals surface area contributed by atoms with E-state index in [2.05, 4.69) is 19.9 Å². The molecule has 11 heteroatoms. The van der Waals surface area contributed by atoms with E-state index in [0.717, 1.165) is 24.1 Å². The maximum absolute atomic E-state index is 12.7. The van der Waals surface area contributed by atoms with Gasteiger partial charge >= 0.3 is 0 Å². The lowest BCUT2D eigenvalue weighted by Crippen LogP contribution is -2.21. The molecule has 0 atom stereocenters. The molecule has 4 rings (SSSR count). The number of carbonyl (C=O) groups excluding carboxylic acids is 1. The Bertz CT molecular complexity index is 1370. The van der Waals surface area contributed by atoms with E-state index in [1.165, 1.54) is 12.1 Å². The first-order chi connectivity index (χ1) is 15.7. The van der Waals surface area contributed by atoms with Gasteiger partial charge in [-0.05, 0) is 43.8 Å². The number of aryl methyl sites for hydroxylation is 1. The van der Waals surface area contributed by atoms with Crippen LogP contribution in [0.4, 0.5) is 5.69 Å². The monoisotopic (exact) mass is 484 g/mol. The molecule has 2 heterocycles. The van der Waals surface area contributed by atoms with Gasteiger partial charge in [-0.3, -0.25) is 14.5 Å². The Labute approximate surface area is 197 Å². The molecule has 0 unspecified atom stereocenters. The van der Waals surface area contributed by atoms with Crippen LogP contribution in [-0.4, -0.2) is 53.4 Å². The second-order valence-electron chi connectivity index (χ2n) is 7.89. The summed E-state index contributed by atoms with van der Waals surface area (Å²) in [5.41, 5.74) is 2.29. The largest absolute Gasteiger partial charge is 0.362 e. The highest BCUT2D eigenvalue weighted by Gasteiger charge is 2.21. The van der Waals surface area contributed by atoms with Crippen LogP contribution in [0.15, 0.2) is 57.8 Å². The topological polar surface area (TPSA) is 112 Å². The van der Waals surface area contributed by atoms with E-state index >= 15 is 0 Å². The van der Waals surface area contributed by atoms with Gasteiger partial charge in [0, 0.05) is 31.3 Å². The van der Waals surface area contributed by atoms with Crippen molar-refractivity contribution in [1.82, 2.24) is 19.7 Å². The first kappa shape index (κ1) is 22.9. The van der Waals surface area contributed by atoms with E-state index in [0.29, 0.717) is 28.5 Å². The molecule has 0 saturated carbocycles. The van der Waals surface area contributed by atoms with Gasteiger partial charge in [-0.2, -0.15) is 13.5 Å². The molecule has 2 aromatic carbocycles. The van der Waals surface area contributed by atoms with Crippen molar-refractivity contribution in [1.29, 1.82) is 0 Å². The van der Waals surface area contributed by atoms with Gasteiger partial charge in [-0.1, -0.05) is 35.9 Å². The number of nitrogens with one attached hydrogen (secondary N) is 2. The van der Waals surface area contributed by atoms with Gasteiger partial charge < -0.3 is 10.2 Å². The quantitative estimate of drug-likeness (QED) is 0.519. The molecule has 1 amide bonds. The predicted octanol–water partition coefficient (Wildman–Crippen LogP) is 3.37. The van der Waals surface area contributed by atoms with Crippen molar-refractivity contribution >= 4 is 39.7 Å². The number of hydrogen-bond donors (Lipinski definition) is 2. The number of amidine groups is 1. The van der Waals surface area contributed by atoms with Crippen LogP contribution in [0.1, 0.15) is 18.4 Å². The third-order valence-electron chi connectivity index (χ3n) is 5.35. The highest BCUT2D eigenvalue weighted by Crippen LogP contribution is 2.21. The highest BCUT2D eigenvalue weighted by molar-refractivity contribution is 7.90. The Morgan fingerprint density at radius 2 is 2.00 bits per heavy atom. The Morgan fingerprint density at radius 3 is 2.70 bits per heavy atom. The minimum Gasteiger partial charge on any atom is -0.362 e. The number of nitrogens with zero attached hydrogens (tertiary/aromatic N) is 4. The molecule has 1 aromatic heterocycles. The minimum atomic E-state index is -3.88. The molecule has 0 radical (unpaired) electrons. The molecule has 1 aliphatic rings. The van der Waals surface area contributed by atoms with Crippen LogP contribution in [0.5, 0.6) is 0 Å². The molecule has 9 nitrogen and oxygen atoms in total. The fourth-order valence-electron chi connectivity index (χ4n) is 3.57. The number of anilines is 1. The van der Waals surface area contributed by atoms with E-state index in [-0.39, 0.29) is 17.3 Å². The standard InChI is InChI=1S/C22H24N6O3S2/c1-15-8-10-16(11-9-15)21-24-25-22(32)28(21)14-20(29)23-17-5-3-6-18(13-17)33(30,31)26-19-7-4-12-27(19)2/h3,5-6,8-11,13H,4,7,12,14H2,1-2H3,(H,23,29)(H,25,32)/b26-19+. The first-order valence-electron chi connectivity index (χ1n) is 10.4. The van der Waals surface area contributed by atoms with Crippen molar-refractivity contribution in [2.75, 3.05) is 18.9 Å². The molecule has 0 aliphatic carbocycles. The summed E-state index contributed by atoms with van der Waals surface area (Å²) < 4.78 is 31.4. The van der Waals surface area contributed by atoms with Gasteiger partial charge in [0.15, 0.2) is 10.6 Å². The normalized spacial score (nSPS) is 15.2. The number of benzene rings is 2. The molecule has 0 spiro atoms. The van der Waals surface area contributed by atoms with Gasteiger partial charge in [-0.25, -0.2) is 0 Å². The fourth-order valence-corrected chi connectivity index (χ4v) is 4.90. The smallest absolute Gasteiger partial charge is 0.284 e. The molecular weight excluding hydrogens is 460 g/mol. The zero-order valence-electron chi connectivity index (χ0n) is 18.3. The molecular formula is C22H24N6O3S2. The number of aromatic nitrogens is 3. The second-order valence-corrected chi connectivity index (χ2v) is 9.88. The molecule has 33 heavy (non-hydrogen) atoms. The summed E-state index contributed by atoms with van der Waals surface area (Å²) in [7, 11) is -2.06. The lowest BCUT2D eigenvalue weighted by atomic mass is 10.1. The van der Waals surface area contributed by atoms with Gasteiger partial charge in [-0.15, -0.1) is 4.40 Å². The molecule has 1 fully saturated rings. The number of amides is 1. The average Bonchev–Trinajstić information content (AvgIpc) is 3.34. The van der Waals surface area contributed by atoms with E-state index in [1.807, 2.05) is 43.1 Å². The van der Waals surface area contributed by atoms with Gasteiger partial charge in [0.25, 0.3) is 10.0 Å². The Hall–Kier alpha value is -3.31. The fraction of sp³-hybridized carbons (Fsp3) is 0.273. The van der Waals surface area contributed by atoms with E-state index < -0.39 is 10.0 Å². The summed E-state index contributed by atoms with van der Waals surface area (Å²) in [4.78, 5) is 14.6. The lowest BCUT2D eigenvalue weighted by Gasteiger charge is -2.12. The zero-order valence-corrected chi connectivity index (χ0v) is 19.9. The van der Waals surface area contributed by atoms with Crippen LogP contribution in [0.2, 0.25) is 0 Å². The summed E-state index contributed by atoms with van der Waals surface area (Å²) in [5, 5.41) is 9.71. The lowest BCUT2D eigenvalue weighted by molar-refractivity contribution is -0.116.